The van der Waals surface area contributed by atoms with E-state index in [2.05, 4.69) is 37.2 Å². The van der Waals surface area contributed by atoms with Crippen LogP contribution >= 0.6 is 43.2 Å². The number of thiophene rings is 1. The van der Waals surface area contributed by atoms with E-state index < -0.39 is 5.82 Å². The lowest BCUT2D eigenvalue weighted by atomic mass is 10.0. The normalized spacial score (nSPS) is 12.7. The molecule has 1 atom stereocenters. The smallest absolute Gasteiger partial charge is 0.126 e. The third kappa shape index (κ3) is 3.87. The molecule has 1 aromatic heterocycles. The van der Waals surface area contributed by atoms with E-state index >= 15 is 0 Å². The summed E-state index contributed by atoms with van der Waals surface area (Å²) in [4.78, 5) is 1.08. The summed E-state index contributed by atoms with van der Waals surface area (Å²) in [6.45, 7) is 2.75. The van der Waals surface area contributed by atoms with Crippen molar-refractivity contribution in [2.45, 2.75) is 19.4 Å². The van der Waals surface area contributed by atoms with Crippen LogP contribution in [0, 0.1) is 11.6 Å². The zero-order valence-electron chi connectivity index (χ0n) is 10.7. The summed E-state index contributed by atoms with van der Waals surface area (Å²) >= 11 is 8.49. The molecule has 1 N–H and O–H groups in total. The summed E-state index contributed by atoms with van der Waals surface area (Å²) in [5, 5.41) is 3.31. The lowest BCUT2D eigenvalue weighted by molar-refractivity contribution is 0.527. The molecule has 0 aliphatic carbocycles. The van der Waals surface area contributed by atoms with E-state index in [-0.39, 0.29) is 11.9 Å². The molecule has 0 saturated heterocycles. The van der Waals surface area contributed by atoms with Crippen molar-refractivity contribution in [3.05, 3.63) is 54.6 Å². The Balaban J connectivity index is 2.27. The summed E-state index contributed by atoms with van der Waals surface area (Å²) in [6.07, 6.45) is 0.414. The van der Waals surface area contributed by atoms with Crippen molar-refractivity contribution in [2.24, 2.45) is 0 Å². The molecule has 1 aromatic carbocycles. The number of benzene rings is 1. The quantitative estimate of drug-likeness (QED) is 0.673. The number of hydrogen-bond acceptors (Lipinski definition) is 2. The maximum atomic E-state index is 13.8. The summed E-state index contributed by atoms with van der Waals surface area (Å²) in [5.74, 6) is -0.783. The van der Waals surface area contributed by atoms with Gasteiger partial charge >= 0.3 is 0 Å². The molecular weight excluding hydrogens is 412 g/mol. The Morgan fingerprint density at radius 2 is 2.00 bits per heavy atom. The molecule has 20 heavy (non-hydrogen) atoms. The minimum absolute atomic E-state index is 0.0381. The Bertz CT molecular complexity index is 581. The largest absolute Gasteiger partial charge is 0.309 e. The Hall–Kier alpha value is -0.300. The van der Waals surface area contributed by atoms with Crippen molar-refractivity contribution in [1.82, 2.24) is 5.32 Å². The first-order valence-electron chi connectivity index (χ1n) is 6.13. The second-order valence-electron chi connectivity index (χ2n) is 4.32. The van der Waals surface area contributed by atoms with Gasteiger partial charge in [0.2, 0.25) is 0 Å². The van der Waals surface area contributed by atoms with Crippen LogP contribution in [0.4, 0.5) is 8.78 Å². The van der Waals surface area contributed by atoms with Crippen LogP contribution in [0.1, 0.15) is 23.4 Å². The van der Waals surface area contributed by atoms with Crippen molar-refractivity contribution in [3.63, 3.8) is 0 Å². The molecule has 1 nitrogen and oxygen atoms in total. The van der Waals surface area contributed by atoms with Gasteiger partial charge < -0.3 is 5.32 Å². The predicted molar refractivity (Wildman–Crippen MR) is 86.2 cm³/mol. The summed E-state index contributed by atoms with van der Waals surface area (Å²) in [6, 6.07) is 5.54. The van der Waals surface area contributed by atoms with Crippen LogP contribution in [0.25, 0.3) is 0 Å². The van der Waals surface area contributed by atoms with E-state index in [1.807, 2.05) is 13.0 Å². The number of halogens is 4. The molecule has 0 aliphatic heterocycles. The van der Waals surface area contributed by atoms with Gasteiger partial charge in [0.15, 0.2) is 0 Å². The second kappa shape index (κ2) is 7.11. The average molecular weight is 425 g/mol. The van der Waals surface area contributed by atoms with Gasteiger partial charge in [-0.25, -0.2) is 8.78 Å². The van der Waals surface area contributed by atoms with Gasteiger partial charge in [-0.05, 0) is 74.7 Å². The van der Waals surface area contributed by atoms with Crippen LogP contribution in [0.15, 0.2) is 32.5 Å². The van der Waals surface area contributed by atoms with E-state index in [0.29, 0.717) is 12.0 Å². The van der Waals surface area contributed by atoms with Crippen LogP contribution in [0.2, 0.25) is 0 Å². The molecule has 2 aromatic rings. The number of nitrogens with one attached hydrogen (secondary N) is 1. The van der Waals surface area contributed by atoms with E-state index in [0.717, 1.165) is 25.7 Å². The molecule has 0 saturated carbocycles. The minimum Gasteiger partial charge on any atom is -0.309 e. The highest BCUT2D eigenvalue weighted by molar-refractivity contribution is 9.13. The molecule has 0 radical (unpaired) electrons. The van der Waals surface area contributed by atoms with E-state index in [1.165, 1.54) is 12.1 Å². The molecule has 0 fully saturated rings. The molecule has 0 spiro atoms. The first kappa shape index (κ1) is 16.1. The number of rotatable bonds is 5. The van der Waals surface area contributed by atoms with Crippen LogP contribution in [-0.4, -0.2) is 6.54 Å². The fraction of sp³-hybridized carbons (Fsp3) is 0.286. The van der Waals surface area contributed by atoms with Crippen LogP contribution in [-0.2, 0) is 6.42 Å². The van der Waals surface area contributed by atoms with Crippen LogP contribution in [0.3, 0.4) is 0 Å². The molecule has 0 amide bonds. The van der Waals surface area contributed by atoms with Gasteiger partial charge in [0.25, 0.3) is 0 Å². The van der Waals surface area contributed by atoms with Crippen molar-refractivity contribution in [1.29, 1.82) is 0 Å². The standard InChI is InChI=1S/C14H13Br2F2NS/c1-2-19-12(13-7-10(15)14(16)20-13)6-8-5-9(17)3-4-11(8)18/h3-5,7,12,19H,2,6H2,1H3. The fourth-order valence-electron chi connectivity index (χ4n) is 1.97. The third-order valence-electron chi connectivity index (χ3n) is 2.89. The Morgan fingerprint density at radius 3 is 2.60 bits per heavy atom. The van der Waals surface area contributed by atoms with Gasteiger partial charge in [-0.1, -0.05) is 6.92 Å². The topological polar surface area (TPSA) is 12.0 Å². The minimum atomic E-state index is -0.412. The molecular formula is C14H13Br2F2NS. The number of hydrogen-bond donors (Lipinski definition) is 1. The highest BCUT2D eigenvalue weighted by atomic mass is 79.9. The van der Waals surface area contributed by atoms with E-state index in [9.17, 15) is 8.78 Å². The molecule has 6 heteroatoms. The average Bonchev–Trinajstić information content (AvgIpc) is 2.73. The molecule has 1 heterocycles. The Kier molecular flexibility index (Phi) is 5.72. The van der Waals surface area contributed by atoms with Crippen molar-refractivity contribution >= 4 is 43.2 Å². The van der Waals surface area contributed by atoms with Crippen molar-refractivity contribution in [3.8, 4) is 0 Å². The van der Waals surface area contributed by atoms with Crippen LogP contribution < -0.4 is 5.32 Å². The van der Waals surface area contributed by atoms with Crippen LogP contribution in [0.5, 0.6) is 0 Å². The first-order valence-corrected chi connectivity index (χ1v) is 8.53. The van der Waals surface area contributed by atoms with E-state index in [1.54, 1.807) is 11.3 Å². The SMILES string of the molecule is CCNC(Cc1cc(F)ccc1F)c1cc(Br)c(Br)s1. The van der Waals surface area contributed by atoms with Gasteiger partial charge in [-0.15, -0.1) is 11.3 Å². The summed E-state index contributed by atoms with van der Waals surface area (Å²) in [7, 11) is 0. The zero-order valence-corrected chi connectivity index (χ0v) is 14.7. The van der Waals surface area contributed by atoms with Gasteiger partial charge in [0, 0.05) is 15.4 Å². The van der Waals surface area contributed by atoms with Crippen molar-refractivity contribution in [2.75, 3.05) is 6.54 Å². The maximum Gasteiger partial charge on any atom is 0.126 e. The van der Waals surface area contributed by atoms with E-state index in [4.69, 9.17) is 0 Å². The Labute approximate surface area is 137 Å². The lowest BCUT2D eigenvalue weighted by Gasteiger charge is -2.17. The molecule has 0 bridgehead atoms. The molecule has 2 rings (SSSR count). The van der Waals surface area contributed by atoms with Gasteiger partial charge in [0.05, 0.1) is 3.79 Å². The zero-order chi connectivity index (χ0) is 14.7. The monoisotopic (exact) mass is 423 g/mol. The van der Waals surface area contributed by atoms with Gasteiger partial charge in [-0.2, -0.15) is 0 Å². The van der Waals surface area contributed by atoms with Gasteiger partial charge in [-0.3, -0.25) is 0 Å². The fourth-order valence-corrected chi connectivity index (χ4v) is 4.14. The third-order valence-corrected chi connectivity index (χ3v) is 6.26. The van der Waals surface area contributed by atoms with Crippen molar-refractivity contribution < 1.29 is 8.78 Å². The highest BCUT2D eigenvalue weighted by Gasteiger charge is 2.17. The summed E-state index contributed by atoms with van der Waals surface area (Å²) in [5.41, 5.74) is 0.386. The first-order chi connectivity index (χ1) is 9.51. The maximum absolute atomic E-state index is 13.8. The molecule has 0 aliphatic rings. The Morgan fingerprint density at radius 1 is 1.25 bits per heavy atom. The second-order valence-corrected chi connectivity index (χ2v) is 7.58. The predicted octanol–water partition coefficient (Wildman–Crippen LogP) is 5.44. The summed E-state index contributed by atoms with van der Waals surface area (Å²) < 4.78 is 29.0. The lowest BCUT2D eigenvalue weighted by Crippen LogP contribution is -2.22. The van der Waals surface area contributed by atoms with Gasteiger partial charge in [0.1, 0.15) is 11.6 Å². The number of likely N-dealkylation sites (N-methyl/N-ethyl adjacent to an activating group) is 1. The highest BCUT2D eigenvalue weighted by Crippen LogP contribution is 2.36. The molecule has 1 unspecified atom stereocenters. The molecule has 108 valence electrons.